The molecule has 4 aromatic rings. The third kappa shape index (κ3) is 3.22. The summed E-state index contributed by atoms with van der Waals surface area (Å²) in [4.78, 5) is 15.2. The molecule has 0 saturated carbocycles. The standard InChI is InChI=1S/C22H18N2O2/c25-22(26)18-9-7-16(8-10-18)12-19-15-24(14-17-4-3-11-23-13-17)21-6-2-1-5-20(19)21/h1-11,13,15H,12,14H2,(H,25,26). The highest BCUT2D eigenvalue weighted by Crippen LogP contribution is 2.25. The molecule has 0 spiro atoms. The van der Waals surface area contributed by atoms with Crippen LogP contribution in [0.5, 0.6) is 0 Å². The van der Waals surface area contributed by atoms with Gasteiger partial charge < -0.3 is 9.67 Å². The van der Waals surface area contributed by atoms with Crippen molar-refractivity contribution in [2.75, 3.05) is 0 Å². The highest BCUT2D eigenvalue weighted by Gasteiger charge is 2.10. The number of para-hydroxylation sites is 1. The summed E-state index contributed by atoms with van der Waals surface area (Å²) in [6.45, 7) is 0.770. The fourth-order valence-electron chi connectivity index (χ4n) is 3.27. The number of rotatable bonds is 5. The molecule has 0 unspecified atom stereocenters. The van der Waals surface area contributed by atoms with Crippen LogP contribution in [0, 0.1) is 0 Å². The monoisotopic (exact) mass is 342 g/mol. The summed E-state index contributed by atoms with van der Waals surface area (Å²) in [6, 6.07) is 19.5. The minimum absolute atomic E-state index is 0.313. The van der Waals surface area contributed by atoms with Crippen LogP contribution in [-0.2, 0) is 13.0 Å². The highest BCUT2D eigenvalue weighted by atomic mass is 16.4. The van der Waals surface area contributed by atoms with Gasteiger partial charge in [0, 0.05) is 36.0 Å². The van der Waals surface area contributed by atoms with Gasteiger partial charge in [0.05, 0.1) is 5.56 Å². The van der Waals surface area contributed by atoms with E-state index in [0.717, 1.165) is 24.1 Å². The molecule has 2 aromatic heterocycles. The Bertz CT molecular complexity index is 1050. The normalized spacial score (nSPS) is 10.9. The fraction of sp³-hybridized carbons (Fsp3) is 0.0909. The Labute approximate surface area is 151 Å². The van der Waals surface area contributed by atoms with Crippen LogP contribution in [0.2, 0.25) is 0 Å². The van der Waals surface area contributed by atoms with E-state index in [0.29, 0.717) is 5.56 Å². The molecule has 0 bridgehead atoms. The van der Waals surface area contributed by atoms with Crippen molar-refractivity contribution < 1.29 is 9.90 Å². The first-order valence-corrected chi connectivity index (χ1v) is 8.48. The van der Waals surface area contributed by atoms with E-state index in [4.69, 9.17) is 5.11 Å². The molecule has 0 amide bonds. The zero-order chi connectivity index (χ0) is 17.9. The number of carboxylic acids is 1. The van der Waals surface area contributed by atoms with Gasteiger partial charge in [-0.1, -0.05) is 36.4 Å². The zero-order valence-corrected chi connectivity index (χ0v) is 14.2. The van der Waals surface area contributed by atoms with E-state index in [1.807, 2.05) is 36.5 Å². The molecule has 4 nitrogen and oxygen atoms in total. The molecular formula is C22H18N2O2. The van der Waals surface area contributed by atoms with Crippen molar-refractivity contribution in [3.05, 3.63) is 102 Å². The maximum absolute atomic E-state index is 11.0. The van der Waals surface area contributed by atoms with Crippen LogP contribution in [0.3, 0.4) is 0 Å². The third-order valence-electron chi connectivity index (χ3n) is 4.54. The second-order valence-electron chi connectivity index (χ2n) is 6.34. The van der Waals surface area contributed by atoms with Crippen LogP contribution in [0.15, 0.2) is 79.3 Å². The molecule has 128 valence electrons. The molecule has 4 rings (SSSR count). The SMILES string of the molecule is O=C(O)c1ccc(Cc2cn(Cc3cccnc3)c3ccccc23)cc1. The van der Waals surface area contributed by atoms with Gasteiger partial charge in [-0.15, -0.1) is 0 Å². The Balaban J connectivity index is 1.68. The van der Waals surface area contributed by atoms with Crippen molar-refractivity contribution in [1.82, 2.24) is 9.55 Å². The highest BCUT2D eigenvalue weighted by molar-refractivity contribution is 5.87. The van der Waals surface area contributed by atoms with Crippen molar-refractivity contribution >= 4 is 16.9 Å². The van der Waals surface area contributed by atoms with Crippen molar-refractivity contribution in [1.29, 1.82) is 0 Å². The van der Waals surface area contributed by atoms with Gasteiger partial charge in [-0.05, 0) is 47.4 Å². The van der Waals surface area contributed by atoms with Crippen LogP contribution < -0.4 is 0 Å². The van der Waals surface area contributed by atoms with Gasteiger partial charge in [-0.3, -0.25) is 4.98 Å². The topological polar surface area (TPSA) is 55.1 Å². The quantitative estimate of drug-likeness (QED) is 0.586. The summed E-state index contributed by atoms with van der Waals surface area (Å²) in [5.41, 5.74) is 4.98. The number of hydrogen-bond donors (Lipinski definition) is 1. The van der Waals surface area contributed by atoms with E-state index in [2.05, 4.69) is 33.9 Å². The van der Waals surface area contributed by atoms with Gasteiger partial charge in [0.2, 0.25) is 0 Å². The van der Waals surface area contributed by atoms with Gasteiger partial charge in [0.15, 0.2) is 0 Å². The number of aromatic nitrogens is 2. The Morgan fingerprint density at radius 2 is 1.77 bits per heavy atom. The lowest BCUT2D eigenvalue weighted by Gasteiger charge is -2.04. The smallest absolute Gasteiger partial charge is 0.335 e. The number of benzene rings is 2. The van der Waals surface area contributed by atoms with Crippen molar-refractivity contribution in [3.8, 4) is 0 Å². The Kier molecular flexibility index (Phi) is 4.23. The Morgan fingerprint density at radius 1 is 0.962 bits per heavy atom. The lowest BCUT2D eigenvalue weighted by atomic mass is 10.0. The predicted octanol–water partition coefficient (Wildman–Crippen LogP) is 4.37. The largest absolute Gasteiger partial charge is 0.478 e. The molecule has 26 heavy (non-hydrogen) atoms. The van der Waals surface area contributed by atoms with E-state index in [1.165, 1.54) is 16.5 Å². The number of carboxylic acid groups (broad SMARTS) is 1. The van der Waals surface area contributed by atoms with E-state index < -0.39 is 5.97 Å². The summed E-state index contributed by atoms with van der Waals surface area (Å²) in [7, 11) is 0. The van der Waals surface area contributed by atoms with Crippen molar-refractivity contribution in [2.45, 2.75) is 13.0 Å². The summed E-state index contributed by atoms with van der Waals surface area (Å²) in [6.07, 6.45) is 6.62. The van der Waals surface area contributed by atoms with Gasteiger partial charge in [-0.25, -0.2) is 4.79 Å². The average molecular weight is 342 g/mol. The number of pyridine rings is 1. The average Bonchev–Trinajstić information content (AvgIpc) is 3.01. The van der Waals surface area contributed by atoms with Crippen molar-refractivity contribution in [3.63, 3.8) is 0 Å². The van der Waals surface area contributed by atoms with Crippen molar-refractivity contribution in [2.24, 2.45) is 0 Å². The van der Waals surface area contributed by atoms with E-state index in [-0.39, 0.29) is 0 Å². The van der Waals surface area contributed by atoms with Gasteiger partial charge in [0.25, 0.3) is 0 Å². The molecule has 0 aliphatic heterocycles. The summed E-state index contributed by atoms with van der Waals surface area (Å²) in [5.74, 6) is -0.898. The van der Waals surface area contributed by atoms with Crippen LogP contribution in [-0.4, -0.2) is 20.6 Å². The molecule has 0 fully saturated rings. The molecule has 2 heterocycles. The first kappa shape index (κ1) is 16.1. The molecule has 1 N–H and O–H groups in total. The first-order valence-electron chi connectivity index (χ1n) is 8.48. The van der Waals surface area contributed by atoms with Gasteiger partial charge in [0.1, 0.15) is 0 Å². The number of hydrogen-bond acceptors (Lipinski definition) is 2. The molecule has 0 atom stereocenters. The Hall–Kier alpha value is -3.40. The number of fused-ring (bicyclic) bond motifs is 1. The van der Waals surface area contributed by atoms with Crippen LogP contribution >= 0.6 is 0 Å². The van der Waals surface area contributed by atoms with E-state index >= 15 is 0 Å². The van der Waals surface area contributed by atoms with Crippen LogP contribution in [0.1, 0.15) is 27.0 Å². The maximum atomic E-state index is 11.0. The summed E-state index contributed by atoms with van der Waals surface area (Å²) < 4.78 is 2.24. The maximum Gasteiger partial charge on any atom is 0.335 e. The fourth-order valence-corrected chi connectivity index (χ4v) is 3.27. The first-order chi connectivity index (χ1) is 12.7. The zero-order valence-electron chi connectivity index (χ0n) is 14.2. The molecule has 0 saturated heterocycles. The lowest BCUT2D eigenvalue weighted by Crippen LogP contribution is -1.98. The van der Waals surface area contributed by atoms with E-state index in [9.17, 15) is 4.79 Å². The predicted molar refractivity (Wildman–Crippen MR) is 101 cm³/mol. The van der Waals surface area contributed by atoms with Gasteiger partial charge in [-0.2, -0.15) is 0 Å². The molecular weight excluding hydrogens is 324 g/mol. The summed E-state index contributed by atoms with van der Waals surface area (Å²) >= 11 is 0. The molecule has 0 aliphatic rings. The minimum Gasteiger partial charge on any atom is -0.478 e. The molecule has 0 radical (unpaired) electrons. The molecule has 0 aliphatic carbocycles. The second-order valence-corrected chi connectivity index (χ2v) is 6.34. The minimum atomic E-state index is -0.898. The number of nitrogens with zero attached hydrogens (tertiary/aromatic N) is 2. The second kappa shape index (κ2) is 6.84. The van der Waals surface area contributed by atoms with Crippen LogP contribution in [0.25, 0.3) is 10.9 Å². The van der Waals surface area contributed by atoms with E-state index in [1.54, 1.807) is 18.3 Å². The molecule has 4 heteroatoms. The lowest BCUT2D eigenvalue weighted by molar-refractivity contribution is 0.0697. The number of aromatic carboxylic acids is 1. The van der Waals surface area contributed by atoms with Gasteiger partial charge >= 0.3 is 5.97 Å². The summed E-state index contributed by atoms with van der Waals surface area (Å²) in [5, 5.41) is 10.3. The number of carbonyl (C=O) groups is 1. The molecule has 2 aromatic carbocycles. The third-order valence-corrected chi connectivity index (χ3v) is 4.54. The van der Waals surface area contributed by atoms with Crippen LogP contribution in [0.4, 0.5) is 0 Å². The Morgan fingerprint density at radius 3 is 2.50 bits per heavy atom.